The van der Waals surface area contributed by atoms with Gasteiger partial charge in [-0.15, -0.1) is 0 Å². The van der Waals surface area contributed by atoms with Gasteiger partial charge in [-0.2, -0.15) is 0 Å². The van der Waals surface area contributed by atoms with Crippen LogP contribution in [0, 0.1) is 20.8 Å². The maximum absolute atomic E-state index is 6.08. The van der Waals surface area contributed by atoms with E-state index < -0.39 is 0 Å². The van der Waals surface area contributed by atoms with Crippen molar-refractivity contribution in [3.8, 4) is 0 Å². The van der Waals surface area contributed by atoms with Crippen molar-refractivity contribution in [2.45, 2.75) is 74.9 Å². The number of benzene rings is 1. The molecule has 0 aliphatic rings. The van der Waals surface area contributed by atoms with Gasteiger partial charge >= 0.3 is 0 Å². The molecule has 3 unspecified atom stereocenters. The Bertz CT molecular complexity index is 537. The Morgan fingerprint density at radius 1 is 0.533 bits per heavy atom. The summed E-state index contributed by atoms with van der Waals surface area (Å²) >= 11 is 21.2. The lowest BCUT2D eigenvalue weighted by atomic mass is 9.89. The largest absolute Gasteiger partial charge is 0.362 e. The summed E-state index contributed by atoms with van der Waals surface area (Å²) in [6.07, 6.45) is 2.72. The summed E-state index contributed by atoms with van der Waals surface area (Å²) in [7, 11) is 0. The second-order valence-electron chi connectivity index (χ2n) is 6.91. The van der Waals surface area contributed by atoms with Gasteiger partial charge in [-0.1, -0.05) is 95.6 Å². The second-order valence-corrected chi connectivity index (χ2v) is 12.3. The van der Waals surface area contributed by atoms with Gasteiger partial charge in [-0.3, -0.25) is 0 Å². The van der Waals surface area contributed by atoms with Crippen LogP contribution in [0.4, 0.5) is 0 Å². The number of hydrogen-bond acceptors (Lipinski definition) is 3. The number of hydrogen-bond donors (Lipinski definition) is 0. The van der Waals surface area contributed by atoms with E-state index >= 15 is 0 Å². The third-order valence-electron chi connectivity index (χ3n) is 4.95. The van der Waals surface area contributed by atoms with Crippen molar-refractivity contribution in [1.82, 2.24) is 0 Å². The van der Waals surface area contributed by atoms with E-state index in [4.69, 9.17) is 14.2 Å². The average molecular weight is 810 g/mol. The highest BCUT2D eigenvalue weighted by atomic mass is 79.9. The van der Waals surface area contributed by atoms with Crippen molar-refractivity contribution in [3.05, 3.63) is 33.4 Å². The van der Waals surface area contributed by atoms with E-state index in [1.165, 1.54) is 33.4 Å². The van der Waals surface area contributed by atoms with Gasteiger partial charge in [0, 0.05) is 16.0 Å². The molecule has 0 spiro atoms. The maximum Gasteiger partial charge on any atom is 0.113 e. The molecule has 0 radical (unpaired) electrons. The van der Waals surface area contributed by atoms with Crippen molar-refractivity contribution >= 4 is 95.6 Å². The van der Waals surface area contributed by atoms with E-state index in [9.17, 15) is 0 Å². The summed E-state index contributed by atoms with van der Waals surface area (Å²) in [6.45, 7) is 8.17. The van der Waals surface area contributed by atoms with Crippen LogP contribution in [-0.4, -0.2) is 31.0 Å². The molecule has 1 aromatic rings. The summed E-state index contributed by atoms with van der Waals surface area (Å²) in [5.41, 5.74) is 7.37. The smallest absolute Gasteiger partial charge is 0.113 e. The minimum atomic E-state index is 0.0214. The van der Waals surface area contributed by atoms with Gasteiger partial charge in [-0.25, -0.2) is 0 Å². The molecule has 3 nitrogen and oxygen atoms in total. The number of alkyl halides is 6. The third-order valence-corrected chi connectivity index (χ3v) is 8.49. The number of halogens is 6. The van der Waals surface area contributed by atoms with Gasteiger partial charge in [0.25, 0.3) is 0 Å². The molecule has 1 aromatic carbocycles. The van der Waals surface area contributed by atoms with Crippen LogP contribution in [0.15, 0.2) is 0 Å². The summed E-state index contributed by atoms with van der Waals surface area (Å²) in [5, 5.41) is 2.75. The number of rotatable bonds is 15. The predicted molar refractivity (Wildman–Crippen MR) is 148 cm³/mol. The van der Waals surface area contributed by atoms with Crippen LogP contribution < -0.4 is 0 Å². The molecule has 0 fully saturated rings. The van der Waals surface area contributed by atoms with Crippen LogP contribution in [-0.2, 0) is 34.0 Å². The van der Waals surface area contributed by atoms with Crippen LogP contribution in [0.2, 0.25) is 0 Å². The second kappa shape index (κ2) is 16.6. The highest BCUT2D eigenvalue weighted by Crippen LogP contribution is 2.31. The minimum absolute atomic E-state index is 0.0214. The van der Waals surface area contributed by atoms with E-state index in [2.05, 4.69) is 116 Å². The molecule has 0 aromatic heterocycles. The summed E-state index contributed by atoms with van der Waals surface area (Å²) in [4.78, 5) is 0. The van der Waals surface area contributed by atoms with Gasteiger partial charge in [0.15, 0.2) is 0 Å². The summed E-state index contributed by atoms with van der Waals surface area (Å²) < 4.78 is 18.2. The fraction of sp³-hybridized carbons (Fsp3) is 0.714. The van der Waals surface area contributed by atoms with Crippen LogP contribution >= 0.6 is 95.6 Å². The SMILES string of the molecule is Cc1c(COC(Br)CCBr)c(C)c(COC(Br)CCBr)c(C)c1COC(Br)CCBr. The standard InChI is InChI=1S/C21H30Br6O3/c1-13-16(10-28-19(25)4-7-22)14(2)18(12-30-21(27)6-9-24)15(3)17(13)11-29-20(26)5-8-23/h19-21H,4-12H2,1-3H3. The Hall–Kier alpha value is 1.98. The molecule has 9 heteroatoms. The van der Waals surface area contributed by atoms with E-state index in [-0.39, 0.29) is 15.0 Å². The Morgan fingerprint density at radius 2 is 0.767 bits per heavy atom. The van der Waals surface area contributed by atoms with Crippen molar-refractivity contribution in [3.63, 3.8) is 0 Å². The van der Waals surface area contributed by atoms with Crippen molar-refractivity contribution in [2.75, 3.05) is 16.0 Å². The van der Waals surface area contributed by atoms with E-state index in [0.717, 1.165) is 35.3 Å². The average Bonchev–Trinajstić information content (AvgIpc) is 2.68. The first-order chi connectivity index (χ1) is 14.3. The van der Waals surface area contributed by atoms with E-state index in [1.54, 1.807) is 0 Å². The highest BCUT2D eigenvalue weighted by Gasteiger charge is 2.20. The molecule has 0 saturated carbocycles. The molecule has 30 heavy (non-hydrogen) atoms. The van der Waals surface area contributed by atoms with Crippen LogP contribution in [0.5, 0.6) is 0 Å². The lowest BCUT2D eigenvalue weighted by molar-refractivity contribution is 0.0932. The number of ether oxygens (including phenoxy) is 3. The molecule has 0 aliphatic carbocycles. The lowest BCUT2D eigenvalue weighted by Crippen LogP contribution is -2.15. The minimum Gasteiger partial charge on any atom is -0.362 e. The monoisotopic (exact) mass is 804 g/mol. The van der Waals surface area contributed by atoms with Gasteiger partial charge in [0.1, 0.15) is 15.0 Å². The van der Waals surface area contributed by atoms with Crippen molar-refractivity contribution < 1.29 is 14.2 Å². The first kappa shape index (κ1) is 30.0. The van der Waals surface area contributed by atoms with Crippen molar-refractivity contribution in [2.24, 2.45) is 0 Å². The topological polar surface area (TPSA) is 27.7 Å². The molecule has 0 bridgehead atoms. The van der Waals surface area contributed by atoms with Gasteiger partial charge in [0.05, 0.1) is 19.8 Å². The Labute approximate surface area is 231 Å². The normalized spacial score (nSPS) is 14.7. The highest BCUT2D eigenvalue weighted by molar-refractivity contribution is 9.10. The zero-order valence-electron chi connectivity index (χ0n) is 17.6. The predicted octanol–water partition coefficient (Wildman–Crippen LogP) is 8.68. The Balaban J connectivity index is 3.19. The molecule has 0 amide bonds. The Morgan fingerprint density at radius 3 is 0.967 bits per heavy atom. The first-order valence-corrected chi connectivity index (χ1v) is 15.9. The summed E-state index contributed by atoms with van der Waals surface area (Å²) in [6, 6.07) is 0. The summed E-state index contributed by atoms with van der Waals surface area (Å²) in [5.74, 6) is 0. The van der Waals surface area contributed by atoms with Crippen LogP contribution in [0.25, 0.3) is 0 Å². The van der Waals surface area contributed by atoms with E-state index in [0.29, 0.717) is 19.8 Å². The quantitative estimate of drug-likeness (QED) is 0.166. The van der Waals surface area contributed by atoms with Gasteiger partial charge < -0.3 is 14.2 Å². The fourth-order valence-electron chi connectivity index (χ4n) is 3.07. The molecule has 0 saturated heterocycles. The first-order valence-electron chi connectivity index (χ1n) is 9.81. The molecule has 0 aliphatic heterocycles. The molecule has 0 N–H and O–H groups in total. The molecule has 1 rings (SSSR count). The molecule has 0 heterocycles. The maximum atomic E-state index is 6.08. The van der Waals surface area contributed by atoms with E-state index in [1.807, 2.05) is 0 Å². The fourth-order valence-corrected chi connectivity index (χ4v) is 7.24. The zero-order valence-corrected chi connectivity index (χ0v) is 27.1. The molecular weight excluding hydrogens is 780 g/mol. The molecule has 174 valence electrons. The van der Waals surface area contributed by atoms with Crippen LogP contribution in [0.1, 0.15) is 52.6 Å². The van der Waals surface area contributed by atoms with Gasteiger partial charge in [0.2, 0.25) is 0 Å². The van der Waals surface area contributed by atoms with Crippen LogP contribution in [0.3, 0.4) is 0 Å². The molecule has 3 atom stereocenters. The third kappa shape index (κ3) is 10.1. The lowest BCUT2D eigenvalue weighted by Gasteiger charge is -2.24. The van der Waals surface area contributed by atoms with Gasteiger partial charge in [-0.05, 0) is 73.4 Å². The zero-order chi connectivity index (χ0) is 22.7. The Kier molecular flexibility index (Phi) is 16.6. The van der Waals surface area contributed by atoms with Crippen molar-refractivity contribution in [1.29, 1.82) is 0 Å². The molecular formula is C21H30Br6O3.